The van der Waals surface area contributed by atoms with Gasteiger partial charge < -0.3 is 29.4 Å². The Bertz CT molecular complexity index is 1380. The number of allylic oxidation sites excluding steroid dienone is 1. The maximum absolute atomic E-state index is 14.0. The van der Waals surface area contributed by atoms with Crippen molar-refractivity contribution >= 4 is 11.8 Å². The number of carbonyl (C=O) groups excluding carboxylic acids is 2. The normalized spacial score (nSPS) is 24.7. The van der Waals surface area contributed by atoms with E-state index >= 15 is 0 Å². The summed E-state index contributed by atoms with van der Waals surface area (Å²) >= 11 is 0. The number of nitrogens with zero attached hydrogens (tertiary/aromatic N) is 2. The minimum absolute atomic E-state index is 0.0369. The van der Waals surface area contributed by atoms with E-state index in [4.69, 9.17) is 9.47 Å². The van der Waals surface area contributed by atoms with E-state index in [1.807, 2.05) is 6.92 Å². The first-order valence-corrected chi connectivity index (χ1v) is 11.7. The lowest BCUT2D eigenvalue weighted by Gasteiger charge is -2.44. The molecule has 5 rings (SSSR count). The zero-order chi connectivity index (χ0) is 26.6. The predicted molar refractivity (Wildman–Crippen MR) is 122 cm³/mol. The molecule has 1 aromatic carbocycles. The van der Waals surface area contributed by atoms with Crippen LogP contribution in [0, 0.1) is 17.5 Å². The van der Waals surface area contributed by atoms with Crippen molar-refractivity contribution in [2.24, 2.45) is 0 Å². The van der Waals surface area contributed by atoms with Gasteiger partial charge in [-0.3, -0.25) is 14.4 Å². The second-order valence-corrected chi connectivity index (χ2v) is 9.48. The third kappa shape index (κ3) is 4.05. The molecule has 37 heavy (non-hydrogen) atoms. The highest BCUT2D eigenvalue weighted by Crippen LogP contribution is 2.44. The summed E-state index contributed by atoms with van der Waals surface area (Å²) in [5, 5.41) is 13.0. The van der Waals surface area contributed by atoms with Gasteiger partial charge in [-0.25, -0.2) is 13.2 Å². The number of hydrogen-bond acceptors (Lipinski definition) is 6. The van der Waals surface area contributed by atoms with Crippen LogP contribution in [-0.4, -0.2) is 51.4 Å². The fourth-order valence-corrected chi connectivity index (χ4v) is 5.26. The molecule has 9 nitrogen and oxygen atoms in total. The number of ether oxygens (including phenoxy) is 2. The Labute approximate surface area is 209 Å². The molecule has 2 aromatic rings. The molecule has 4 heterocycles. The highest BCUT2D eigenvalue weighted by molar-refractivity contribution is 5.99. The Hall–Kier alpha value is -3.80. The predicted octanol–water partition coefficient (Wildman–Crippen LogP) is 2.73. The van der Waals surface area contributed by atoms with Gasteiger partial charge in [0.05, 0.1) is 11.8 Å². The molecule has 2 amide bonds. The number of fused-ring (bicyclic) bond motifs is 5. The lowest BCUT2D eigenvalue weighted by Crippen LogP contribution is -2.53. The van der Waals surface area contributed by atoms with Gasteiger partial charge in [0.1, 0.15) is 28.6 Å². The summed E-state index contributed by atoms with van der Waals surface area (Å²) in [7, 11) is 0. The number of benzene rings is 1. The van der Waals surface area contributed by atoms with E-state index in [1.54, 1.807) is 17.9 Å². The van der Waals surface area contributed by atoms with Gasteiger partial charge in [0.15, 0.2) is 18.2 Å². The van der Waals surface area contributed by atoms with Gasteiger partial charge in [0, 0.05) is 43.0 Å². The number of aromatic nitrogens is 1. The van der Waals surface area contributed by atoms with E-state index in [9.17, 15) is 32.7 Å². The molecule has 2 N–H and O–H groups in total. The van der Waals surface area contributed by atoms with Crippen LogP contribution in [0.2, 0.25) is 0 Å². The van der Waals surface area contributed by atoms with Gasteiger partial charge in [-0.2, -0.15) is 0 Å². The van der Waals surface area contributed by atoms with Crippen LogP contribution in [-0.2, 0) is 16.0 Å². The molecule has 0 aliphatic carbocycles. The van der Waals surface area contributed by atoms with Gasteiger partial charge >= 0.3 is 0 Å². The molecule has 1 fully saturated rings. The third-order valence-electron chi connectivity index (χ3n) is 7.27. The van der Waals surface area contributed by atoms with E-state index in [0.29, 0.717) is 30.7 Å². The Morgan fingerprint density at radius 1 is 1.24 bits per heavy atom. The van der Waals surface area contributed by atoms with E-state index in [-0.39, 0.29) is 25.1 Å². The number of halogens is 3. The van der Waals surface area contributed by atoms with Crippen molar-refractivity contribution in [1.29, 1.82) is 0 Å². The van der Waals surface area contributed by atoms with E-state index < -0.39 is 69.8 Å². The molecule has 12 heteroatoms. The summed E-state index contributed by atoms with van der Waals surface area (Å²) in [4.78, 5) is 40.8. The Morgan fingerprint density at radius 2 is 1.95 bits per heavy atom. The summed E-state index contributed by atoms with van der Waals surface area (Å²) in [5.74, 6) is -5.44. The maximum Gasteiger partial charge on any atom is 0.274 e. The molecule has 1 spiro atoms. The van der Waals surface area contributed by atoms with Crippen molar-refractivity contribution in [2.75, 3.05) is 13.3 Å². The fourth-order valence-electron chi connectivity index (χ4n) is 5.26. The molecule has 0 saturated carbocycles. The Kier molecular flexibility index (Phi) is 6.01. The zero-order valence-corrected chi connectivity index (χ0v) is 20.0. The monoisotopic (exact) mass is 519 g/mol. The Balaban J connectivity index is 1.57. The minimum Gasteiger partial charge on any atom is -0.503 e. The van der Waals surface area contributed by atoms with Gasteiger partial charge in [-0.05, 0) is 32.8 Å². The molecule has 3 aliphatic rings. The quantitative estimate of drug-likeness (QED) is 0.646. The van der Waals surface area contributed by atoms with Crippen LogP contribution in [0.25, 0.3) is 0 Å². The third-order valence-corrected chi connectivity index (χ3v) is 7.27. The summed E-state index contributed by atoms with van der Waals surface area (Å²) in [6.07, 6.45) is 4.03. The number of aromatic hydroxyl groups is 1. The summed E-state index contributed by atoms with van der Waals surface area (Å²) in [5.41, 5.74) is -3.47. The van der Waals surface area contributed by atoms with Crippen molar-refractivity contribution in [3.05, 3.63) is 74.7 Å². The molecular weight excluding hydrogens is 495 g/mol. The first kappa shape index (κ1) is 24.9. The summed E-state index contributed by atoms with van der Waals surface area (Å²) in [6.45, 7) is 3.10. The molecule has 3 atom stereocenters. The van der Waals surface area contributed by atoms with Crippen LogP contribution in [0.15, 0.2) is 35.0 Å². The van der Waals surface area contributed by atoms with Gasteiger partial charge in [-0.15, -0.1) is 0 Å². The standard InChI is InChI=1S/C25H24F3N3O6/c1-12-3-4-25(7-13(2)36-11-37-25)19-10-30(12)24(35)20-22(33)21(32)16(9-31(19)20)23(34)29-8-15-17(27)5-14(26)6-18(15)28/h5-7,9,12,19,33H,3-4,8,10-11H2,1-2H3,(H,29,34)/t12-,19+,25+/m0/s1. The SMILES string of the molecule is CC1=C[C@@]2(CC[C@H](C)N3C[C@H]2n2cc(C(=O)NCc4c(F)cc(F)cc4F)c(=O)c(O)c2C3=O)OCO1. The summed E-state index contributed by atoms with van der Waals surface area (Å²) < 4.78 is 54.1. The lowest BCUT2D eigenvalue weighted by atomic mass is 9.86. The maximum atomic E-state index is 14.0. The number of rotatable bonds is 3. The van der Waals surface area contributed by atoms with Crippen LogP contribution in [0.1, 0.15) is 59.1 Å². The first-order valence-electron chi connectivity index (χ1n) is 11.7. The molecular formula is C25H24F3N3O6. The number of nitrogens with one attached hydrogen (secondary N) is 1. The second kappa shape index (κ2) is 8.94. The first-order chi connectivity index (χ1) is 17.5. The number of carbonyl (C=O) groups is 2. The van der Waals surface area contributed by atoms with Crippen LogP contribution < -0.4 is 10.7 Å². The van der Waals surface area contributed by atoms with Crippen molar-refractivity contribution in [1.82, 2.24) is 14.8 Å². The smallest absolute Gasteiger partial charge is 0.274 e. The molecule has 0 unspecified atom stereocenters. The highest BCUT2D eigenvalue weighted by atomic mass is 19.1. The molecule has 2 bridgehead atoms. The van der Waals surface area contributed by atoms with Gasteiger partial charge in [0.2, 0.25) is 5.43 Å². The molecule has 1 saturated heterocycles. The average Bonchev–Trinajstić information content (AvgIpc) is 2.94. The van der Waals surface area contributed by atoms with Crippen LogP contribution in [0.5, 0.6) is 5.75 Å². The second-order valence-electron chi connectivity index (χ2n) is 9.48. The minimum atomic E-state index is -1.21. The topological polar surface area (TPSA) is 110 Å². The molecule has 196 valence electrons. The van der Waals surface area contributed by atoms with Crippen molar-refractivity contribution in [3.8, 4) is 5.75 Å². The van der Waals surface area contributed by atoms with E-state index in [1.165, 1.54) is 4.57 Å². The van der Waals surface area contributed by atoms with Crippen LogP contribution in [0.3, 0.4) is 0 Å². The molecule has 3 aliphatic heterocycles. The van der Waals surface area contributed by atoms with E-state index in [0.717, 1.165) is 6.20 Å². The van der Waals surface area contributed by atoms with Crippen molar-refractivity contribution < 1.29 is 37.3 Å². The van der Waals surface area contributed by atoms with Gasteiger partial charge in [-0.1, -0.05) is 0 Å². The lowest BCUT2D eigenvalue weighted by molar-refractivity contribution is -0.147. The molecule has 1 aromatic heterocycles. The van der Waals surface area contributed by atoms with Crippen LogP contribution >= 0.6 is 0 Å². The van der Waals surface area contributed by atoms with Gasteiger partial charge in [0.25, 0.3) is 11.8 Å². The molecule has 0 radical (unpaired) electrons. The zero-order valence-electron chi connectivity index (χ0n) is 20.0. The highest BCUT2D eigenvalue weighted by Gasteiger charge is 2.51. The number of pyridine rings is 1. The number of amides is 2. The average molecular weight is 519 g/mol. The van der Waals surface area contributed by atoms with Crippen LogP contribution in [0.4, 0.5) is 13.2 Å². The van der Waals surface area contributed by atoms with E-state index in [2.05, 4.69) is 5.32 Å². The largest absolute Gasteiger partial charge is 0.503 e. The van der Waals surface area contributed by atoms with Crippen molar-refractivity contribution in [3.63, 3.8) is 0 Å². The van der Waals surface area contributed by atoms with Crippen molar-refractivity contribution in [2.45, 2.75) is 50.9 Å². The fraction of sp³-hybridized carbons (Fsp3) is 0.400. The summed E-state index contributed by atoms with van der Waals surface area (Å²) in [6, 6.07) is 0.116. The Morgan fingerprint density at radius 3 is 2.62 bits per heavy atom. The number of hydrogen-bond donors (Lipinski definition) is 2.